The van der Waals surface area contributed by atoms with Gasteiger partial charge in [-0.25, -0.2) is 14.4 Å². The number of nitrogens with one attached hydrogen (secondary N) is 1. The lowest BCUT2D eigenvalue weighted by Gasteiger charge is -2.33. The van der Waals surface area contributed by atoms with Crippen molar-refractivity contribution < 1.29 is 18.7 Å². The van der Waals surface area contributed by atoms with Crippen LogP contribution < -0.4 is 5.32 Å². The number of hydrogen-bond acceptors (Lipinski definition) is 5. The first kappa shape index (κ1) is 21.4. The summed E-state index contributed by atoms with van der Waals surface area (Å²) in [5.74, 6) is -0.228. The van der Waals surface area contributed by atoms with Crippen molar-refractivity contribution in [2.24, 2.45) is 5.92 Å². The third-order valence-electron chi connectivity index (χ3n) is 6.05. The lowest BCUT2D eigenvalue weighted by Crippen LogP contribution is -2.44. The van der Waals surface area contributed by atoms with E-state index in [4.69, 9.17) is 4.74 Å². The summed E-state index contributed by atoms with van der Waals surface area (Å²) >= 11 is 0. The summed E-state index contributed by atoms with van der Waals surface area (Å²) in [7, 11) is 0. The highest BCUT2D eigenvalue weighted by Gasteiger charge is 2.31. The van der Waals surface area contributed by atoms with E-state index in [1.165, 1.54) is 18.6 Å². The van der Waals surface area contributed by atoms with Gasteiger partial charge in [-0.2, -0.15) is 0 Å². The number of benzene rings is 1. The Labute approximate surface area is 181 Å². The number of halogens is 1. The first-order valence-corrected chi connectivity index (χ1v) is 10.8. The van der Waals surface area contributed by atoms with Gasteiger partial charge in [0.05, 0.1) is 11.3 Å². The van der Waals surface area contributed by atoms with Crippen LogP contribution in [-0.2, 0) is 22.5 Å². The van der Waals surface area contributed by atoms with Gasteiger partial charge in [0, 0.05) is 38.0 Å². The summed E-state index contributed by atoms with van der Waals surface area (Å²) < 4.78 is 19.3. The van der Waals surface area contributed by atoms with Gasteiger partial charge in [-0.3, -0.25) is 9.59 Å². The predicted molar refractivity (Wildman–Crippen MR) is 112 cm³/mol. The van der Waals surface area contributed by atoms with E-state index in [0.717, 1.165) is 25.7 Å². The van der Waals surface area contributed by atoms with E-state index in [1.807, 2.05) is 4.90 Å². The second kappa shape index (κ2) is 9.96. The Morgan fingerprint density at radius 2 is 2.00 bits per heavy atom. The van der Waals surface area contributed by atoms with Crippen LogP contribution in [0.2, 0.25) is 0 Å². The van der Waals surface area contributed by atoms with Crippen molar-refractivity contribution in [2.75, 3.05) is 19.7 Å². The highest BCUT2D eigenvalue weighted by Crippen LogP contribution is 2.24. The monoisotopic (exact) mass is 426 g/mol. The van der Waals surface area contributed by atoms with Crippen LogP contribution in [0.5, 0.6) is 0 Å². The fourth-order valence-electron chi connectivity index (χ4n) is 4.23. The molecule has 2 saturated heterocycles. The summed E-state index contributed by atoms with van der Waals surface area (Å²) in [6.45, 7) is 2.17. The molecule has 2 fully saturated rings. The first-order valence-electron chi connectivity index (χ1n) is 10.8. The Morgan fingerprint density at radius 1 is 1.19 bits per heavy atom. The highest BCUT2D eigenvalue weighted by atomic mass is 19.1. The zero-order chi connectivity index (χ0) is 21.6. The molecular weight excluding hydrogens is 399 g/mol. The molecule has 1 aromatic carbocycles. The zero-order valence-corrected chi connectivity index (χ0v) is 17.4. The largest absolute Gasteiger partial charge is 0.368 e. The third-order valence-corrected chi connectivity index (χ3v) is 6.05. The lowest BCUT2D eigenvalue weighted by molar-refractivity contribution is -0.142. The van der Waals surface area contributed by atoms with Crippen molar-refractivity contribution in [3.63, 3.8) is 0 Å². The van der Waals surface area contributed by atoms with Gasteiger partial charge in [-0.05, 0) is 44.1 Å². The highest BCUT2D eigenvalue weighted by molar-refractivity contribution is 5.94. The average molecular weight is 426 g/mol. The number of carbonyl (C=O) groups is 2. The zero-order valence-electron chi connectivity index (χ0n) is 17.4. The Hall–Kier alpha value is -2.87. The Kier molecular flexibility index (Phi) is 6.86. The van der Waals surface area contributed by atoms with Crippen LogP contribution in [0.25, 0.3) is 0 Å². The second-order valence-corrected chi connectivity index (χ2v) is 8.13. The van der Waals surface area contributed by atoms with Gasteiger partial charge in [-0.1, -0.05) is 18.2 Å². The van der Waals surface area contributed by atoms with Crippen LogP contribution in [0, 0.1) is 11.7 Å². The molecule has 0 saturated carbocycles. The molecule has 2 aromatic rings. The van der Waals surface area contributed by atoms with Gasteiger partial charge in [0.25, 0.3) is 11.8 Å². The molecule has 31 heavy (non-hydrogen) atoms. The minimum atomic E-state index is -0.350. The molecule has 7 nitrogen and oxygen atoms in total. The third kappa shape index (κ3) is 5.25. The Morgan fingerprint density at radius 3 is 2.74 bits per heavy atom. The lowest BCUT2D eigenvalue weighted by atomic mass is 9.90. The summed E-state index contributed by atoms with van der Waals surface area (Å²) in [6, 6.07) is 6.36. The van der Waals surface area contributed by atoms with E-state index in [-0.39, 0.29) is 30.3 Å². The molecule has 4 rings (SSSR count). The molecule has 2 amide bonds. The molecule has 0 spiro atoms. The van der Waals surface area contributed by atoms with Crippen molar-refractivity contribution in [1.29, 1.82) is 0 Å². The SMILES string of the molecule is O=C(NCc1ccccc1F)c1cncnc1CC1CCN(C(=O)[C@@H]2CCCO2)CC1. The number of aromatic nitrogens is 2. The van der Waals surface area contributed by atoms with Crippen molar-refractivity contribution in [2.45, 2.75) is 44.8 Å². The maximum absolute atomic E-state index is 13.8. The molecule has 0 unspecified atom stereocenters. The van der Waals surface area contributed by atoms with Crippen molar-refractivity contribution in [3.8, 4) is 0 Å². The van der Waals surface area contributed by atoms with Crippen LogP contribution in [0.1, 0.15) is 47.3 Å². The van der Waals surface area contributed by atoms with Gasteiger partial charge in [-0.15, -0.1) is 0 Å². The number of nitrogens with zero attached hydrogens (tertiary/aromatic N) is 3. The van der Waals surface area contributed by atoms with Crippen molar-refractivity contribution >= 4 is 11.8 Å². The van der Waals surface area contributed by atoms with Crippen LogP contribution in [-0.4, -0.2) is 52.5 Å². The first-order chi connectivity index (χ1) is 15.1. The van der Waals surface area contributed by atoms with E-state index in [9.17, 15) is 14.0 Å². The molecule has 8 heteroatoms. The fraction of sp³-hybridized carbons (Fsp3) is 0.478. The smallest absolute Gasteiger partial charge is 0.254 e. The number of hydrogen-bond donors (Lipinski definition) is 1. The Balaban J connectivity index is 1.33. The molecule has 3 heterocycles. The number of ether oxygens (including phenoxy) is 1. The maximum Gasteiger partial charge on any atom is 0.254 e. The quantitative estimate of drug-likeness (QED) is 0.767. The van der Waals surface area contributed by atoms with E-state index in [2.05, 4.69) is 15.3 Å². The van der Waals surface area contributed by atoms with Crippen LogP contribution >= 0.6 is 0 Å². The molecular formula is C23H27FN4O3. The fourth-order valence-corrected chi connectivity index (χ4v) is 4.23. The second-order valence-electron chi connectivity index (χ2n) is 8.13. The minimum Gasteiger partial charge on any atom is -0.368 e. The molecule has 1 N–H and O–H groups in total. The average Bonchev–Trinajstić information content (AvgIpc) is 3.34. The van der Waals surface area contributed by atoms with E-state index in [1.54, 1.807) is 18.2 Å². The van der Waals surface area contributed by atoms with Crippen LogP contribution in [0.15, 0.2) is 36.8 Å². The van der Waals surface area contributed by atoms with Crippen molar-refractivity contribution in [3.05, 3.63) is 59.4 Å². The van der Waals surface area contributed by atoms with Gasteiger partial charge in [0.1, 0.15) is 18.2 Å². The number of likely N-dealkylation sites (tertiary alicyclic amines) is 1. The van der Waals surface area contributed by atoms with Crippen LogP contribution in [0.3, 0.4) is 0 Å². The van der Waals surface area contributed by atoms with Gasteiger partial charge < -0.3 is 15.0 Å². The number of rotatable bonds is 6. The minimum absolute atomic E-state index is 0.101. The summed E-state index contributed by atoms with van der Waals surface area (Å²) in [5.41, 5.74) is 1.53. The van der Waals surface area contributed by atoms with E-state index in [0.29, 0.717) is 48.9 Å². The molecule has 0 bridgehead atoms. The molecule has 0 aliphatic carbocycles. The predicted octanol–water partition coefficient (Wildman–Crippen LogP) is 2.51. The van der Waals surface area contributed by atoms with Crippen LogP contribution in [0.4, 0.5) is 4.39 Å². The number of carbonyl (C=O) groups excluding carboxylic acids is 2. The van der Waals surface area contributed by atoms with Crippen molar-refractivity contribution in [1.82, 2.24) is 20.2 Å². The number of piperidine rings is 1. The summed E-state index contributed by atoms with van der Waals surface area (Å²) in [5, 5.41) is 2.76. The summed E-state index contributed by atoms with van der Waals surface area (Å²) in [4.78, 5) is 35.5. The molecule has 164 valence electrons. The molecule has 2 aliphatic heterocycles. The molecule has 1 atom stereocenters. The Bertz CT molecular complexity index is 925. The number of amides is 2. The van der Waals surface area contributed by atoms with Gasteiger partial charge >= 0.3 is 0 Å². The van der Waals surface area contributed by atoms with Gasteiger partial charge in [0.15, 0.2) is 0 Å². The molecule has 0 radical (unpaired) electrons. The standard InChI is InChI=1S/C23H27FN4O3/c24-19-5-2-1-4-17(19)13-26-22(29)18-14-25-15-27-20(18)12-16-7-9-28(10-8-16)23(30)21-6-3-11-31-21/h1-2,4-5,14-16,21H,3,6-13H2,(H,26,29)/t21-/m0/s1. The topological polar surface area (TPSA) is 84.4 Å². The maximum atomic E-state index is 13.8. The normalized spacial score (nSPS) is 19.4. The molecule has 1 aromatic heterocycles. The van der Waals surface area contributed by atoms with E-state index >= 15 is 0 Å². The van der Waals surface area contributed by atoms with E-state index < -0.39 is 0 Å². The summed E-state index contributed by atoms with van der Waals surface area (Å²) in [6.07, 6.45) is 6.80. The molecule has 2 aliphatic rings. The van der Waals surface area contributed by atoms with Gasteiger partial charge in [0.2, 0.25) is 0 Å².